The maximum atomic E-state index is 12.0. The lowest BCUT2D eigenvalue weighted by atomic mass is 10.2. The van der Waals surface area contributed by atoms with Gasteiger partial charge in [0.05, 0.1) is 16.4 Å². The Morgan fingerprint density at radius 1 is 1.42 bits per heavy atom. The summed E-state index contributed by atoms with van der Waals surface area (Å²) < 4.78 is 12.4. The third kappa shape index (κ3) is 4.76. The van der Waals surface area contributed by atoms with E-state index in [1.54, 1.807) is 19.2 Å². The van der Waals surface area contributed by atoms with Gasteiger partial charge in [0.25, 0.3) is 0 Å². The van der Waals surface area contributed by atoms with Crippen molar-refractivity contribution in [2.45, 2.75) is 17.7 Å². The molecule has 1 amide bonds. The molecule has 0 aliphatic carbocycles. The number of carbonyl (C=O) groups is 2. The molecule has 0 heterocycles. The number of carboxylic acid groups (broad SMARTS) is 1. The van der Waals surface area contributed by atoms with Crippen molar-refractivity contribution in [3.05, 3.63) is 28.2 Å². The summed E-state index contributed by atoms with van der Waals surface area (Å²) in [6.45, 7) is 0. The Hall–Kier alpha value is -1.21. The average molecular weight is 348 g/mol. The lowest BCUT2D eigenvalue weighted by Crippen LogP contribution is -2.18. The maximum Gasteiger partial charge on any atom is 0.336 e. The Bertz CT molecular complexity index is 518. The molecule has 1 atom stereocenters. The molecular formula is C12H14BrNO4S. The number of rotatable bonds is 6. The summed E-state index contributed by atoms with van der Waals surface area (Å²) in [5.41, 5.74) is 0.0807. The molecule has 7 heteroatoms. The zero-order valence-corrected chi connectivity index (χ0v) is 12.7. The van der Waals surface area contributed by atoms with Crippen molar-refractivity contribution in [3.63, 3.8) is 0 Å². The van der Waals surface area contributed by atoms with Gasteiger partial charge in [-0.3, -0.25) is 9.00 Å². The van der Waals surface area contributed by atoms with E-state index in [1.165, 1.54) is 6.07 Å². The Kier molecular flexibility index (Phi) is 6.17. The highest BCUT2D eigenvalue weighted by Crippen LogP contribution is 2.20. The van der Waals surface area contributed by atoms with Crippen molar-refractivity contribution in [1.29, 1.82) is 0 Å². The fourth-order valence-corrected chi connectivity index (χ4v) is 2.94. The van der Waals surface area contributed by atoms with Crippen LogP contribution in [0.4, 0.5) is 0 Å². The van der Waals surface area contributed by atoms with Gasteiger partial charge in [0.15, 0.2) is 0 Å². The predicted octanol–water partition coefficient (Wildman–Crippen LogP) is 1.78. The first-order valence-electron chi connectivity index (χ1n) is 5.57. The van der Waals surface area contributed by atoms with E-state index in [2.05, 4.69) is 21.2 Å². The molecule has 0 radical (unpaired) electrons. The quantitative estimate of drug-likeness (QED) is 0.821. The van der Waals surface area contributed by atoms with Crippen LogP contribution in [0.2, 0.25) is 0 Å². The highest BCUT2D eigenvalue weighted by Gasteiger charge is 2.12. The van der Waals surface area contributed by atoms with E-state index < -0.39 is 16.8 Å². The fraction of sp³-hybridized carbons (Fsp3) is 0.333. The van der Waals surface area contributed by atoms with Crippen LogP contribution < -0.4 is 5.32 Å². The topological polar surface area (TPSA) is 83.5 Å². The Morgan fingerprint density at radius 2 is 2.11 bits per heavy atom. The first-order valence-corrected chi connectivity index (χ1v) is 7.68. The van der Waals surface area contributed by atoms with Gasteiger partial charge in [-0.25, -0.2) is 4.79 Å². The van der Waals surface area contributed by atoms with Crippen LogP contribution >= 0.6 is 15.9 Å². The molecule has 2 N–H and O–H groups in total. The second-order valence-electron chi connectivity index (χ2n) is 3.77. The summed E-state index contributed by atoms with van der Waals surface area (Å²) in [6.07, 6.45) is 0.801. The highest BCUT2D eigenvalue weighted by atomic mass is 79.9. The lowest BCUT2D eigenvalue weighted by molar-refractivity contribution is -0.120. The molecule has 1 rings (SSSR count). The summed E-state index contributed by atoms with van der Waals surface area (Å²) in [7, 11) is 0.248. The van der Waals surface area contributed by atoms with Crippen molar-refractivity contribution in [3.8, 4) is 0 Å². The summed E-state index contributed by atoms with van der Waals surface area (Å²) in [4.78, 5) is 22.4. The van der Waals surface area contributed by atoms with Crippen LogP contribution in [-0.4, -0.2) is 34.0 Å². The molecule has 1 aromatic carbocycles. The van der Waals surface area contributed by atoms with E-state index in [4.69, 9.17) is 5.11 Å². The van der Waals surface area contributed by atoms with Gasteiger partial charge >= 0.3 is 5.97 Å². The normalized spacial score (nSPS) is 11.9. The van der Waals surface area contributed by atoms with E-state index in [1.807, 2.05) is 0 Å². The number of benzene rings is 1. The van der Waals surface area contributed by atoms with Gasteiger partial charge in [0.2, 0.25) is 5.91 Å². The number of halogens is 1. The average Bonchev–Trinajstić information content (AvgIpc) is 2.38. The first-order chi connectivity index (χ1) is 8.95. The van der Waals surface area contributed by atoms with Crippen LogP contribution in [0.15, 0.2) is 27.6 Å². The van der Waals surface area contributed by atoms with Gasteiger partial charge in [-0.15, -0.1) is 0 Å². The molecule has 0 saturated carbocycles. The van der Waals surface area contributed by atoms with Gasteiger partial charge in [0.1, 0.15) is 0 Å². The van der Waals surface area contributed by atoms with Crippen LogP contribution in [0, 0.1) is 0 Å². The highest BCUT2D eigenvalue weighted by molar-refractivity contribution is 9.10. The Balaban J connectivity index is 2.70. The van der Waals surface area contributed by atoms with Gasteiger partial charge in [-0.05, 0) is 40.5 Å². The molecule has 1 aromatic rings. The predicted molar refractivity (Wildman–Crippen MR) is 75.7 cm³/mol. The zero-order chi connectivity index (χ0) is 14.4. The molecule has 0 saturated heterocycles. The SMILES string of the molecule is CNC(=O)CCCS(=O)c1ccc(Br)c(C(=O)O)c1. The number of nitrogens with one attached hydrogen (secondary N) is 1. The molecule has 0 aliphatic heterocycles. The maximum absolute atomic E-state index is 12.0. The van der Waals surface area contributed by atoms with E-state index in [9.17, 15) is 13.8 Å². The molecule has 1 unspecified atom stereocenters. The molecule has 0 fully saturated rings. The third-order valence-corrected chi connectivity index (χ3v) is 4.57. The van der Waals surface area contributed by atoms with E-state index in [-0.39, 0.29) is 11.5 Å². The fourth-order valence-electron chi connectivity index (χ4n) is 1.42. The number of aromatic carboxylic acids is 1. The van der Waals surface area contributed by atoms with E-state index in [0.717, 1.165) is 0 Å². The van der Waals surface area contributed by atoms with Gasteiger partial charge < -0.3 is 10.4 Å². The van der Waals surface area contributed by atoms with Crippen LogP contribution in [0.5, 0.6) is 0 Å². The smallest absolute Gasteiger partial charge is 0.336 e. The Labute approximate surface area is 122 Å². The van der Waals surface area contributed by atoms with Crippen LogP contribution in [0.1, 0.15) is 23.2 Å². The van der Waals surface area contributed by atoms with E-state index >= 15 is 0 Å². The molecule has 0 bridgehead atoms. The first kappa shape index (κ1) is 15.8. The van der Waals surface area contributed by atoms with Crippen LogP contribution in [0.25, 0.3) is 0 Å². The molecular weight excluding hydrogens is 334 g/mol. The van der Waals surface area contributed by atoms with Crippen LogP contribution in [-0.2, 0) is 15.6 Å². The minimum absolute atomic E-state index is 0.0807. The van der Waals surface area contributed by atoms with Gasteiger partial charge in [-0.2, -0.15) is 0 Å². The summed E-state index contributed by atoms with van der Waals surface area (Å²) in [5.74, 6) is -0.844. The number of amides is 1. The van der Waals surface area contributed by atoms with E-state index in [0.29, 0.717) is 28.0 Å². The summed E-state index contributed by atoms with van der Waals surface area (Å²) >= 11 is 3.13. The number of hydrogen-bond acceptors (Lipinski definition) is 3. The molecule has 104 valence electrons. The van der Waals surface area contributed by atoms with Crippen molar-refractivity contribution < 1.29 is 18.9 Å². The number of carbonyl (C=O) groups excluding carboxylic acids is 1. The zero-order valence-electron chi connectivity index (χ0n) is 10.3. The lowest BCUT2D eigenvalue weighted by Gasteiger charge is -2.05. The van der Waals surface area contributed by atoms with Crippen molar-refractivity contribution in [2.24, 2.45) is 0 Å². The van der Waals surface area contributed by atoms with Gasteiger partial charge in [-0.1, -0.05) is 0 Å². The number of hydrogen-bond donors (Lipinski definition) is 2. The molecule has 0 aliphatic rings. The monoisotopic (exact) mass is 347 g/mol. The van der Waals surface area contributed by atoms with Crippen molar-refractivity contribution in [2.75, 3.05) is 12.8 Å². The van der Waals surface area contributed by atoms with Gasteiger partial charge in [0, 0.05) is 28.6 Å². The minimum Gasteiger partial charge on any atom is -0.478 e. The second kappa shape index (κ2) is 7.40. The van der Waals surface area contributed by atoms with Crippen molar-refractivity contribution in [1.82, 2.24) is 5.32 Å². The molecule has 5 nitrogen and oxygen atoms in total. The largest absolute Gasteiger partial charge is 0.478 e. The summed E-state index contributed by atoms with van der Waals surface area (Å²) in [5, 5.41) is 11.5. The molecule has 0 aromatic heterocycles. The second-order valence-corrected chi connectivity index (χ2v) is 6.20. The van der Waals surface area contributed by atoms with Crippen LogP contribution in [0.3, 0.4) is 0 Å². The molecule has 19 heavy (non-hydrogen) atoms. The third-order valence-electron chi connectivity index (χ3n) is 2.44. The minimum atomic E-state index is -1.30. The standard InChI is InChI=1S/C12H14BrNO4S/c1-14-11(15)3-2-6-19(18)8-4-5-10(13)9(7-8)12(16)17/h4-5,7H,2-3,6H2,1H3,(H,14,15)(H,16,17). The van der Waals surface area contributed by atoms with Crippen molar-refractivity contribution >= 4 is 38.6 Å². The number of carboxylic acids is 1. The summed E-state index contributed by atoms with van der Waals surface area (Å²) in [6, 6.07) is 4.57. The molecule has 0 spiro atoms. The Morgan fingerprint density at radius 3 is 2.68 bits per heavy atom.